The van der Waals surface area contributed by atoms with Crippen molar-refractivity contribution in [2.24, 2.45) is 5.92 Å². The molecule has 0 bridgehead atoms. The Labute approximate surface area is 113 Å². The number of likely N-dealkylation sites (tertiary alicyclic amines) is 1. The van der Waals surface area contributed by atoms with Crippen molar-refractivity contribution in [2.75, 3.05) is 26.2 Å². The third-order valence-electron chi connectivity index (χ3n) is 4.18. The molecule has 1 saturated heterocycles. The maximum absolute atomic E-state index is 9.99. The highest BCUT2D eigenvalue weighted by atomic mass is 16.5. The van der Waals surface area contributed by atoms with Crippen molar-refractivity contribution in [1.29, 1.82) is 0 Å². The maximum Gasteiger partial charge on any atom is 0.0620 e. The first kappa shape index (κ1) is 15.9. The molecule has 1 atom stereocenters. The molecule has 0 aromatic heterocycles. The third-order valence-corrected chi connectivity index (χ3v) is 4.18. The number of hydrogen-bond acceptors (Lipinski definition) is 3. The van der Waals surface area contributed by atoms with Gasteiger partial charge < -0.3 is 14.7 Å². The predicted octanol–water partition coefficient (Wildman–Crippen LogP) is 2.67. The molecule has 0 aromatic rings. The van der Waals surface area contributed by atoms with Crippen molar-refractivity contribution in [3.8, 4) is 0 Å². The summed E-state index contributed by atoms with van der Waals surface area (Å²) in [6.07, 6.45) is 4.85. The Kier molecular flexibility index (Phi) is 6.61. The molecule has 1 rings (SSSR count). The quantitative estimate of drug-likeness (QED) is 0.712. The van der Waals surface area contributed by atoms with E-state index in [1.54, 1.807) is 0 Å². The van der Waals surface area contributed by atoms with Crippen molar-refractivity contribution in [3.05, 3.63) is 0 Å². The molecule has 1 fully saturated rings. The number of nitrogens with zero attached hydrogens (tertiary/aromatic N) is 1. The topological polar surface area (TPSA) is 32.7 Å². The normalized spacial score (nSPS) is 21.2. The first-order chi connectivity index (χ1) is 8.43. The van der Waals surface area contributed by atoms with Gasteiger partial charge >= 0.3 is 0 Å². The molecule has 3 heteroatoms. The van der Waals surface area contributed by atoms with Crippen LogP contribution in [-0.4, -0.2) is 48.0 Å². The zero-order valence-electron chi connectivity index (χ0n) is 12.6. The van der Waals surface area contributed by atoms with Crippen molar-refractivity contribution >= 4 is 0 Å². The molecule has 0 saturated carbocycles. The van der Waals surface area contributed by atoms with Crippen LogP contribution in [0.4, 0.5) is 0 Å². The first-order valence-electron chi connectivity index (χ1n) is 7.49. The van der Waals surface area contributed by atoms with Gasteiger partial charge in [0.05, 0.1) is 11.7 Å². The van der Waals surface area contributed by atoms with Crippen LogP contribution >= 0.6 is 0 Å². The molecule has 3 nitrogen and oxygen atoms in total. The molecule has 1 aliphatic rings. The molecule has 0 aromatic carbocycles. The average Bonchev–Trinajstić information content (AvgIpc) is 2.33. The van der Waals surface area contributed by atoms with Crippen LogP contribution in [0.3, 0.4) is 0 Å². The van der Waals surface area contributed by atoms with E-state index in [0.717, 1.165) is 51.9 Å². The van der Waals surface area contributed by atoms with Crippen molar-refractivity contribution in [2.45, 2.75) is 65.1 Å². The molecule has 108 valence electrons. The molecular weight excluding hydrogens is 226 g/mol. The van der Waals surface area contributed by atoms with E-state index in [4.69, 9.17) is 4.74 Å². The van der Waals surface area contributed by atoms with E-state index in [2.05, 4.69) is 18.7 Å². The summed E-state index contributed by atoms with van der Waals surface area (Å²) in [4.78, 5) is 2.50. The lowest BCUT2D eigenvalue weighted by atomic mass is 9.83. The van der Waals surface area contributed by atoms with Gasteiger partial charge in [0, 0.05) is 13.2 Å². The van der Waals surface area contributed by atoms with Crippen molar-refractivity contribution < 1.29 is 9.84 Å². The minimum Gasteiger partial charge on any atom is -0.390 e. The van der Waals surface area contributed by atoms with Crippen molar-refractivity contribution in [3.63, 3.8) is 0 Å². The number of aliphatic hydroxyl groups is 1. The summed E-state index contributed by atoms with van der Waals surface area (Å²) in [5.74, 6) is 0.463. The van der Waals surface area contributed by atoms with Gasteiger partial charge in [-0.15, -0.1) is 0 Å². The minimum absolute atomic E-state index is 0.394. The van der Waals surface area contributed by atoms with Gasteiger partial charge in [-0.1, -0.05) is 6.92 Å². The highest BCUT2D eigenvalue weighted by Gasteiger charge is 2.30. The van der Waals surface area contributed by atoms with Crippen molar-refractivity contribution in [1.82, 2.24) is 4.90 Å². The lowest BCUT2D eigenvalue weighted by molar-refractivity contribution is -0.0144. The van der Waals surface area contributed by atoms with E-state index >= 15 is 0 Å². The fourth-order valence-electron chi connectivity index (χ4n) is 2.55. The molecular formula is C15H31NO2. The summed E-state index contributed by atoms with van der Waals surface area (Å²) in [7, 11) is 0. The van der Waals surface area contributed by atoms with Gasteiger partial charge in [0.15, 0.2) is 0 Å². The Bertz CT molecular complexity index is 217. The van der Waals surface area contributed by atoms with Gasteiger partial charge in [0.25, 0.3) is 0 Å². The van der Waals surface area contributed by atoms with E-state index in [1.165, 1.54) is 0 Å². The van der Waals surface area contributed by atoms with E-state index in [9.17, 15) is 5.11 Å². The smallest absolute Gasteiger partial charge is 0.0620 e. The van der Waals surface area contributed by atoms with Crippen LogP contribution in [0.2, 0.25) is 0 Å². The standard InChI is InChI=1S/C15H31NO2/c1-5-13(2)18-12-6-9-16-10-7-14(8-11-16)15(3,4)17/h13-14,17H,5-12H2,1-4H3. The second kappa shape index (κ2) is 7.46. The Morgan fingerprint density at radius 2 is 1.94 bits per heavy atom. The van der Waals surface area contributed by atoms with Crippen LogP contribution in [0.1, 0.15) is 53.4 Å². The van der Waals surface area contributed by atoms with E-state index < -0.39 is 5.60 Å². The number of ether oxygens (including phenoxy) is 1. The summed E-state index contributed by atoms with van der Waals surface area (Å²) in [5.41, 5.74) is -0.508. The van der Waals surface area contributed by atoms with Crippen LogP contribution in [-0.2, 0) is 4.74 Å². The van der Waals surface area contributed by atoms with Crippen LogP contribution in [0.25, 0.3) is 0 Å². The van der Waals surface area contributed by atoms with Crippen LogP contribution < -0.4 is 0 Å². The fraction of sp³-hybridized carbons (Fsp3) is 1.00. The monoisotopic (exact) mass is 257 g/mol. The van der Waals surface area contributed by atoms with Crippen LogP contribution in [0.5, 0.6) is 0 Å². The molecule has 18 heavy (non-hydrogen) atoms. The lowest BCUT2D eigenvalue weighted by Gasteiger charge is -2.37. The number of rotatable bonds is 7. The van der Waals surface area contributed by atoms with Gasteiger partial charge in [-0.25, -0.2) is 0 Å². The molecule has 0 spiro atoms. The Morgan fingerprint density at radius 1 is 1.33 bits per heavy atom. The molecule has 0 amide bonds. The molecule has 1 heterocycles. The summed E-state index contributed by atoms with van der Waals surface area (Å²) in [6, 6.07) is 0. The molecule has 0 aliphatic carbocycles. The van der Waals surface area contributed by atoms with Gasteiger partial charge in [-0.2, -0.15) is 0 Å². The summed E-state index contributed by atoms with van der Waals surface area (Å²) >= 11 is 0. The minimum atomic E-state index is -0.508. The maximum atomic E-state index is 9.99. The van der Waals surface area contributed by atoms with Gasteiger partial charge in [-0.3, -0.25) is 0 Å². The molecule has 1 aliphatic heterocycles. The van der Waals surface area contributed by atoms with Gasteiger partial charge in [0.2, 0.25) is 0 Å². The average molecular weight is 257 g/mol. The highest BCUT2D eigenvalue weighted by Crippen LogP contribution is 2.27. The second-order valence-electron chi connectivity index (χ2n) is 6.21. The zero-order chi connectivity index (χ0) is 13.6. The van der Waals surface area contributed by atoms with Gasteiger partial charge in [-0.05, 0) is 65.5 Å². The Balaban J connectivity index is 2.09. The molecule has 1 N–H and O–H groups in total. The van der Waals surface area contributed by atoms with Gasteiger partial charge in [0.1, 0.15) is 0 Å². The lowest BCUT2D eigenvalue weighted by Crippen LogP contribution is -2.42. The number of hydrogen-bond donors (Lipinski definition) is 1. The van der Waals surface area contributed by atoms with Crippen LogP contribution in [0.15, 0.2) is 0 Å². The highest BCUT2D eigenvalue weighted by molar-refractivity contribution is 4.82. The summed E-state index contributed by atoms with van der Waals surface area (Å²) < 4.78 is 5.69. The molecule has 1 unspecified atom stereocenters. The van der Waals surface area contributed by atoms with Crippen LogP contribution in [0, 0.1) is 5.92 Å². The van der Waals surface area contributed by atoms with E-state index in [0.29, 0.717) is 12.0 Å². The zero-order valence-corrected chi connectivity index (χ0v) is 12.6. The van der Waals surface area contributed by atoms with E-state index in [-0.39, 0.29) is 0 Å². The Morgan fingerprint density at radius 3 is 2.44 bits per heavy atom. The largest absolute Gasteiger partial charge is 0.390 e. The summed E-state index contributed by atoms with van der Waals surface area (Å²) in [5, 5.41) is 9.99. The second-order valence-corrected chi connectivity index (χ2v) is 6.21. The fourth-order valence-corrected chi connectivity index (χ4v) is 2.55. The SMILES string of the molecule is CCC(C)OCCCN1CCC(C(C)(C)O)CC1. The summed E-state index contributed by atoms with van der Waals surface area (Å²) in [6.45, 7) is 12.4. The van der Waals surface area contributed by atoms with E-state index in [1.807, 2.05) is 13.8 Å². The number of piperidine rings is 1. The third kappa shape index (κ3) is 5.68. The molecule has 0 radical (unpaired) electrons. The predicted molar refractivity (Wildman–Crippen MR) is 75.8 cm³/mol. The first-order valence-corrected chi connectivity index (χ1v) is 7.49. The Hall–Kier alpha value is -0.120.